The maximum absolute atomic E-state index is 6.08. The van der Waals surface area contributed by atoms with Gasteiger partial charge in [-0.1, -0.05) is 61.3 Å². The van der Waals surface area contributed by atoms with Crippen LogP contribution in [0.4, 0.5) is 5.69 Å². The lowest BCUT2D eigenvalue weighted by molar-refractivity contribution is 0.337. The third-order valence-electron chi connectivity index (χ3n) is 3.97. The summed E-state index contributed by atoms with van der Waals surface area (Å²) in [4.78, 5) is 0. The summed E-state index contributed by atoms with van der Waals surface area (Å²) in [6.07, 6.45) is 1.08. The molecule has 0 radical (unpaired) electrons. The largest absolute Gasteiger partial charge is 0.378 e. The van der Waals surface area contributed by atoms with Crippen molar-refractivity contribution in [1.82, 2.24) is 0 Å². The van der Waals surface area contributed by atoms with Crippen LogP contribution >= 0.6 is 23.2 Å². The molecule has 0 aromatic heterocycles. The normalized spacial score (nSPS) is 19.7. The number of hydrogen-bond donors (Lipinski definition) is 1. The maximum atomic E-state index is 6.08. The fourth-order valence-electron chi connectivity index (χ4n) is 3.07. The molecule has 1 nitrogen and oxygen atoms in total. The first-order valence-electron chi connectivity index (χ1n) is 6.76. The Morgan fingerprint density at radius 1 is 1.05 bits per heavy atom. The van der Waals surface area contributed by atoms with Gasteiger partial charge in [-0.3, -0.25) is 0 Å². The van der Waals surface area contributed by atoms with E-state index in [0.717, 1.165) is 12.1 Å². The van der Waals surface area contributed by atoms with Gasteiger partial charge in [-0.15, -0.1) is 0 Å². The number of halogens is 2. The molecule has 1 unspecified atom stereocenters. The predicted octanol–water partition coefficient (Wildman–Crippen LogP) is 5.73. The molecular formula is C17H17Cl2N. The summed E-state index contributed by atoms with van der Waals surface area (Å²) in [5.41, 5.74) is 3.92. The minimum absolute atomic E-state index is 0.165. The molecule has 0 saturated heterocycles. The minimum atomic E-state index is 0.165. The second-order valence-electron chi connectivity index (χ2n) is 6.10. The maximum Gasteiger partial charge on any atom is 0.0570 e. The van der Waals surface area contributed by atoms with Gasteiger partial charge in [0, 0.05) is 15.7 Å². The van der Waals surface area contributed by atoms with Crippen LogP contribution in [-0.4, -0.2) is 0 Å². The van der Waals surface area contributed by atoms with Crippen molar-refractivity contribution in [2.75, 3.05) is 5.32 Å². The molecular weight excluding hydrogens is 289 g/mol. The smallest absolute Gasteiger partial charge is 0.0570 e. The highest BCUT2D eigenvalue weighted by Crippen LogP contribution is 2.47. The SMILES string of the molecule is CC1(C)Cc2ccccc2C1Nc1cc(Cl)cc(Cl)c1. The van der Waals surface area contributed by atoms with Gasteiger partial charge >= 0.3 is 0 Å². The van der Waals surface area contributed by atoms with E-state index in [9.17, 15) is 0 Å². The van der Waals surface area contributed by atoms with Gasteiger partial charge in [0.15, 0.2) is 0 Å². The van der Waals surface area contributed by atoms with Crippen LogP contribution in [0, 0.1) is 5.41 Å². The van der Waals surface area contributed by atoms with E-state index in [1.54, 1.807) is 6.07 Å². The Hall–Kier alpha value is -1.18. The molecule has 0 saturated carbocycles. The molecule has 0 spiro atoms. The minimum Gasteiger partial charge on any atom is -0.378 e. The summed E-state index contributed by atoms with van der Waals surface area (Å²) in [6, 6.07) is 14.5. The summed E-state index contributed by atoms with van der Waals surface area (Å²) in [5.74, 6) is 0. The van der Waals surface area contributed by atoms with Crippen molar-refractivity contribution >= 4 is 28.9 Å². The van der Waals surface area contributed by atoms with Gasteiger partial charge in [-0.2, -0.15) is 0 Å². The summed E-state index contributed by atoms with van der Waals surface area (Å²) in [5, 5.41) is 4.91. The van der Waals surface area contributed by atoms with E-state index in [1.165, 1.54) is 11.1 Å². The van der Waals surface area contributed by atoms with Crippen LogP contribution in [0.2, 0.25) is 10.0 Å². The third-order valence-corrected chi connectivity index (χ3v) is 4.40. The molecule has 2 aromatic rings. The highest BCUT2D eigenvalue weighted by Gasteiger charge is 2.38. The Kier molecular flexibility index (Phi) is 3.43. The average Bonchev–Trinajstić information content (AvgIpc) is 2.59. The van der Waals surface area contributed by atoms with Crippen LogP contribution in [0.1, 0.15) is 31.0 Å². The van der Waals surface area contributed by atoms with Crippen LogP contribution in [0.3, 0.4) is 0 Å². The third kappa shape index (κ3) is 2.53. The quantitative estimate of drug-likeness (QED) is 0.747. The molecule has 2 aromatic carbocycles. The molecule has 104 valence electrons. The summed E-state index contributed by atoms with van der Waals surface area (Å²) >= 11 is 12.2. The lowest BCUT2D eigenvalue weighted by Gasteiger charge is -2.29. The fourth-order valence-corrected chi connectivity index (χ4v) is 3.59. The van der Waals surface area contributed by atoms with Crippen molar-refractivity contribution in [3.63, 3.8) is 0 Å². The Labute approximate surface area is 129 Å². The van der Waals surface area contributed by atoms with E-state index in [1.807, 2.05) is 12.1 Å². The number of nitrogens with one attached hydrogen (secondary N) is 1. The van der Waals surface area contributed by atoms with Crippen molar-refractivity contribution in [3.8, 4) is 0 Å². The summed E-state index contributed by atoms with van der Waals surface area (Å²) < 4.78 is 0. The van der Waals surface area contributed by atoms with Crippen LogP contribution < -0.4 is 5.32 Å². The monoisotopic (exact) mass is 305 g/mol. The lowest BCUT2D eigenvalue weighted by Crippen LogP contribution is -2.24. The van der Waals surface area contributed by atoms with Gasteiger partial charge < -0.3 is 5.32 Å². The number of rotatable bonds is 2. The van der Waals surface area contributed by atoms with Crippen LogP contribution in [-0.2, 0) is 6.42 Å². The van der Waals surface area contributed by atoms with E-state index in [0.29, 0.717) is 10.0 Å². The lowest BCUT2D eigenvalue weighted by atomic mass is 9.85. The zero-order chi connectivity index (χ0) is 14.3. The number of hydrogen-bond acceptors (Lipinski definition) is 1. The number of anilines is 1. The highest BCUT2D eigenvalue weighted by atomic mass is 35.5. The van der Waals surface area contributed by atoms with Gasteiger partial charge in [0.2, 0.25) is 0 Å². The molecule has 0 fully saturated rings. The van der Waals surface area contributed by atoms with Crippen molar-refractivity contribution in [3.05, 3.63) is 63.6 Å². The van der Waals surface area contributed by atoms with Gasteiger partial charge in [-0.05, 0) is 41.2 Å². The molecule has 1 N–H and O–H groups in total. The molecule has 1 atom stereocenters. The van der Waals surface area contributed by atoms with Gasteiger partial charge in [-0.25, -0.2) is 0 Å². The summed E-state index contributed by atoms with van der Waals surface area (Å²) in [6.45, 7) is 4.58. The second kappa shape index (κ2) is 4.98. The van der Waals surface area contributed by atoms with Crippen LogP contribution in [0.25, 0.3) is 0 Å². The van der Waals surface area contributed by atoms with Crippen LogP contribution in [0.5, 0.6) is 0 Å². The predicted molar refractivity (Wildman–Crippen MR) is 86.8 cm³/mol. The molecule has 1 aliphatic rings. The molecule has 0 bridgehead atoms. The first kappa shape index (κ1) is 13.8. The topological polar surface area (TPSA) is 12.0 Å². The second-order valence-corrected chi connectivity index (χ2v) is 6.97. The Morgan fingerprint density at radius 2 is 1.70 bits per heavy atom. The molecule has 3 heteroatoms. The Morgan fingerprint density at radius 3 is 2.40 bits per heavy atom. The van der Waals surface area contributed by atoms with Crippen molar-refractivity contribution in [2.45, 2.75) is 26.3 Å². The molecule has 1 aliphatic carbocycles. The van der Waals surface area contributed by atoms with E-state index in [4.69, 9.17) is 23.2 Å². The van der Waals surface area contributed by atoms with Gasteiger partial charge in [0.25, 0.3) is 0 Å². The van der Waals surface area contributed by atoms with E-state index < -0.39 is 0 Å². The molecule has 0 heterocycles. The standard InChI is InChI=1S/C17H17Cl2N/c1-17(2)10-11-5-3-4-6-15(11)16(17)20-14-8-12(18)7-13(19)9-14/h3-9,16,20H,10H2,1-2H3. The Bertz CT molecular complexity index is 629. The van der Waals surface area contributed by atoms with Crippen molar-refractivity contribution in [2.24, 2.45) is 5.41 Å². The zero-order valence-corrected chi connectivity index (χ0v) is 13.1. The summed E-state index contributed by atoms with van der Waals surface area (Å²) in [7, 11) is 0. The number of fused-ring (bicyclic) bond motifs is 1. The Balaban J connectivity index is 1.97. The molecule has 20 heavy (non-hydrogen) atoms. The highest BCUT2D eigenvalue weighted by molar-refractivity contribution is 6.35. The van der Waals surface area contributed by atoms with E-state index in [2.05, 4.69) is 43.4 Å². The van der Waals surface area contributed by atoms with Crippen molar-refractivity contribution in [1.29, 1.82) is 0 Å². The number of benzene rings is 2. The van der Waals surface area contributed by atoms with Crippen LogP contribution in [0.15, 0.2) is 42.5 Å². The van der Waals surface area contributed by atoms with Crippen molar-refractivity contribution < 1.29 is 0 Å². The molecule has 3 rings (SSSR count). The van der Waals surface area contributed by atoms with Gasteiger partial charge in [0.05, 0.1) is 6.04 Å². The first-order valence-corrected chi connectivity index (χ1v) is 7.52. The van der Waals surface area contributed by atoms with E-state index >= 15 is 0 Å². The average molecular weight is 306 g/mol. The molecule has 0 amide bonds. The van der Waals surface area contributed by atoms with Gasteiger partial charge in [0.1, 0.15) is 0 Å². The van der Waals surface area contributed by atoms with E-state index in [-0.39, 0.29) is 11.5 Å². The zero-order valence-electron chi connectivity index (χ0n) is 11.6. The molecule has 0 aliphatic heterocycles. The first-order chi connectivity index (χ1) is 9.45. The fraction of sp³-hybridized carbons (Fsp3) is 0.294.